The summed E-state index contributed by atoms with van der Waals surface area (Å²) in [5.74, 6) is -3.12. The van der Waals surface area contributed by atoms with Crippen molar-refractivity contribution in [1.29, 1.82) is 0 Å². The standard InChI is InChI=1S/C11H11NO5/c1-5-6(10(14)15)2-3-7(8(13)4-12)9(5)11(16)17/h2-3H,4,12H2,1H3,(H,14,15)(H,16,17). The molecule has 0 aromatic heterocycles. The van der Waals surface area contributed by atoms with Crippen LogP contribution in [0.4, 0.5) is 0 Å². The molecule has 0 amide bonds. The van der Waals surface area contributed by atoms with Gasteiger partial charge < -0.3 is 15.9 Å². The van der Waals surface area contributed by atoms with Crippen molar-refractivity contribution in [2.75, 3.05) is 6.54 Å². The summed E-state index contributed by atoms with van der Waals surface area (Å²) in [5, 5.41) is 17.9. The number of carbonyl (C=O) groups excluding carboxylic acids is 1. The number of hydrogen-bond acceptors (Lipinski definition) is 4. The lowest BCUT2D eigenvalue weighted by atomic mass is 9.94. The molecule has 6 nitrogen and oxygen atoms in total. The quantitative estimate of drug-likeness (QED) is 0.657. The average molecular weight is 237 g/mol. The smallest absolute Gasteiger partial charge is 0.336 e. The minimum atomic E-state index is -1.34. The molecule has 1 aromatic carbocycles. The highest BCUT2D eigenvalue weighted by molar-refractivity contribution is 6.09. The minimum Gasteiger partial charge on any atom is -0.478 e. The van der Waals surface area contributed by atoms with E-state index in [-0.39, 0.29) is 28.8 Å². The molecule has 0 spiro atoms. The van der Waals surface area contributed by atoms with Gasteiger partial charge in [0.25, 0.3) is 0 Å². The Morgan fingerprint density at radius 2 is 1.65 bits per heavy atom. The number of carboxylic acids is 2. The fourth-order valence-corrected chi connectivity index (χ4v) is 1.56. The van der Waals surface area contributed by atoms with Gasteiger partial charge in [0, 0.05) is 5.56 Å². The van der Waals surface area contributed by atoms with Crippen molar-refractivity contribution in [3.63, 3.8) is 0 Å². The zero-order valence-electron chi connectivity index (χ0n) is 9.06. The Morgan fingerprint density at radius 3 is 2.06 bits per heavy atom. The maximum Gasteiger partial charge on any atom is 0.336 e. The van der Waals surface area contributed by atoms with Crippen LogP contribution < -0.4 is 5.73 Å². The Hall–Kier alpha value is -2.21. The number of benzene rings is 1. The van der Waals surface area contributed by atoms with Gasteiger partial charge in [-0.3, -0.25) is 4.79 Å². The van der Waals surface area contributed by atoms with Crippen molar-refractivity contribution in [2.45, 2.75) is 6.92 Å². The predicted molar refractivity (Wildman–Crippen MR) is 58.5 cm³/mol. The molecular formula is C11H11NO5. The van der Waals surface area contributed by atoms with Crippen molar-refractivity contribution in [2.24, 2.45) is 5.73 Å². The Labute approximate surface area is 96.7 Å². The van der Waals surface area contributed by atoms with Gasteiger partial charge in [-0.05, 0) is 24.6 Å². The first-order chi connectivity index (χ1) is 7.90. The molecule has 0 fully saturated rings. The number of hydrogen-bond donors (Lipinski definition) is 3. The molecule has 0 saturated carbocycles. The summed E-state index contributed by atoms with van der Waals surface area (Å²) >= 11 is 0. The van der Waals surface area contributed by atoms with Crippen molar-refractivity contribution in [3.8, 4) is 0 Å². The molecule has 0 saturated heterocycles. The lowest BCUT2D eigenvalue weighted by molar-refractivity contribution is 0.0691. The second kappa shape index (κ2) is 4.75. The summed E-state index contributed by atoms with van der Waals surface area (Å²) in [6, 6.07) is 2.38. The number of Topliss-reactive ketones (excluding diaryl/α,β-unsaturated/α-hetero) is 1. The van der Waals surface area contributed by atoms with E-state index in [1.54, 1.807) is 0 Å². The third-order valence-corrected chi connectivity index (χ3v) is 2.40. The van der Waals surface area contributed by atoms with Gasteiger partial charge in [-0.15, -0.1) is 0 Å². The number of carboxylic acid groups (broad SMARTS) is 2. The van der Waals surface area contributed by atoms with Gasteiger partial charge >= 0.3 is 11.9 Å². The highest BCUT2D eigenvalue weighted by Crippen LogP contribution is 2.19. The van der Waals surface area contributed by atoms with Crippen LogP contribution in [-0.4, -0.2) is 34.5 Å². The molecule has 4 N–H and O–H groups in total. The second-order valence-corrected chi connectivity index (χ2v) is 3.40. The summed E-state index contributed by atoms with van der Waals surface area (Å²) in [4.78, 5) is 33.3. The Morgan fingerprint density at radius 1 is 1.12 bits per heavy atom. The first kappa shape index (κ1) is 12.9. The van der Waals surface area contributed by atoms with Crippen LogP contribution in [0.15, 0.2) is 12.1 Å². The molecule has 0 heterocycles. The number of nitrogens with two attached hydrogens (primary N) is 1. The molecule has 6 heteroatoms. The van der Waals surface area contributed by atoms with E-state index in [4.69, 9.17) is 15.9 Å². The van der Waals surface area contributed by atoms with Crippen LogP contribution in [0.25, 0.3) is 0 Å². The zero-order valence-corrected chi connectivity index (χ0v) is 9.06. The molecule has 1 rings (SSSR count). The van der Waals surface area contributed by atoms with Crippen molar-refractivity contribution < 1.29 is 24.6 Å². The van der Waals surface area contributed by atoms with Crippen LogP contribution in [0, 0.1) is 6.92 Å². The van der Waals surface area contributed by atoms with Crippen LogP contribution in [0.3, 0.4) is 0 Å². The van der Waals surface area contributed by atoms with E-state index in [0.29, 0.717) is 0 Å². The van der Waals surface area contributed by atoms with Gasteiger partial charge in [0.2, 0.25) is 0 Å². The van der Waals surface area contributed by atoms with Crippen LogP contribution >= 0.6 is 0 Å². The van der Waals surface area contributed by atoms with Gasteiger partial charge in [-0.25, -0.2) is 9.59 Å². The largest absolute Gasteiger partial charge is 0.478 e. The molecule has 0 aliphatic rings. The molecule has 0 bridgehead atoms. The molecule has 0 aliphatic heterocycles. The highest BCUT2D eigenvalue weighted by Gasteiger charge is 2.22. The van der Waals surface area contributed by atoms with Crippen LogP contribution in [-0.2, 0) is 0 Å². The first-order valence-corrected chi connectivity index (χ1v) is 4.73. The fourth-order valence-electron chi connectivity index (χ4n) is 1.56. The van der Waals surface area contributed by atoms with Crippen molar-refractivity contribution in [1.82, 2.24) is 0 Å². The maximum atomic E-state index is 11.4. The molecule has 0 unspecified atom stereocenters. The van der Waals surface area contributed by atoms with Gasteiger partial charge in [0.05, 0.1) is 17.7 Å². The Balaban J connectivity index is 3.56. The van der Waals surface area contributed by atoms with Crippen LogP contribution in [0.1, 0.15) is 36.6 Å². The van der Waals surface area contributed by atoms with E-state index >= 15 is 0 Å². The highest BCUT2D eigenvalue weighted by atomic mass is 16.4. The van der Waals surface area contributed by atoms with Gasteiger partial charge in [0.1, 0.15) is 0 Å². The van der Waals surface area contributed by atoms with E-state index < -0.39 is 17.7 Å². The molecular weight excluding hydrogens is 226 g/mol. The average Bonchev–Trinajstić information content (AvgIpc) is 2.26. The van der Waals surface area contributed by atoms with Gasteiger partial charge in [0.15, 0.2) is 5.78 Å². The summed E-state index contributed by atoms with van der Waals surface area (Å²) < 4.78 is 0. The van der Waals surface area contributed by atoms with E-state index in [9.17, 15) is 14.4 Å². The monoisotopic (exact) mass is 237 g/mol. The SMILES string of the molecule is Cc1c(C(=O)O)ccc(C(=O)CN)c1C(=O)O. The molecule has 90 valence electrons. The predicted octanol–water partition coefficient (Wildman–Crippen LogP) is 0.533. The van der Waals surface area contributed by atoms with E-state index in [2.05, 4.69) is 0 Å². The molecule has 0 radical (unpaired) electrons. The molecule has 17 heavy (non-hydrogen) atoms. The Kier molecular flexibility index (Phi) is 3.59. The fraction of sp³-hybridized carbons (Fsp3) is 0.182. The summed E-state index contributed by atoms with van der Waals surface area (Å²) in [6.07, 6.45) is 0. The van der Waals surface area contributed by atoms with Crippen LogP contribution in [0.2, 0.25) is 0 Å². The third kappa shape index (κ3) is 2.31. The maximum absolute atomic E-state index is 11.4. The number of ketones is 1. The zero-order chi connectivity index (χ0) is 13.2. The first-order valence-electron chi connectivity index (χ1n) is 4.73. The van der Waals surface area contributed by atoms with Gasteiger partial charge in [-0.2, -0.15) is 0 Å². The molecule has 0 atom stereocenters. The molecule has 0 aliphatic carbocycles. The van der Waals surface area contributed by atoms with E-state index in [1.807, 2.05) is 0 Å². The lowest BCUT2D eigenvalue weighted by Crippen LogP contribution is -2.19. The summed E-state index contributed by atoms with van der Waals surface area (Å²) in [5.41, 5.74) is 4.69. The number of aromatic carboxylic acids is 2. The van der Waals surface area contributed by atoms with E-state index in [1.165, 1.54) is 19.1 Å². The number of carbonyl (C=O) groups is 3. The number of rotatable bonds is 4. The normalized spacial score (nSPS) is 10.0. The second-order valence-electron chi connectivity index (χ2n) is 3.40. The van der Waals surface area contributed by atoms with E-state index in [0.717, 1.165) is 0 Å². The summed E-state index contributed by atoms with van der Waals surface area (Å²) in [7, 11) is 0. The third-order valence-electron chi connectivity index (χ3n) is 2.40. The summed E-state index contributed by atoms with van der Waals surface area (Å²) in [6.45, 7) is 1.02. The van der Waals surface area contributed by atoms with Crippen LogP contribution in [0.5, 0.6) is 0 Å². The molecule has 1 aromatic rings. The minimum absolute atomic E-state index is 0.0456. The topological polar surface area (TPSA) is 118 Å². The lowest BCUT2D eigenvalue weighted by Gasteiger charge is -2.09. The van der Waals surface area contributed by atoms with Crippen molar-refractivity contribution in [3.05, 3.63) is 34.4 Å². The van der Waals surface area contributed by atoms with Crippen molar-refractivity contribution >= 4 is 17.7 Å². The Bertz CT molecular complexity index is 507. The van der Waals surface area contributed by atoms with Gasteiger partial charge in [-0.1, -0.05) is 0 Å².